The van der Waals surface area contributed by atoms with Gasteiger partial charge in [-0.25, -0.2) is 13.1 Å². The van der Waals surface area contributed by atoms with Crippen LogP contribution in [0.15, 0.2) is 0 Å². The van der Waals surface area contributed by atoms with Crippen LogP contribution in [0.1, 0.15) is 26.2 Å². The largest absolute Gasteiger partial charge is 0.221 e. The molecule has 1 atom stereocenters. The molecule has 5 heteroatoms. The maximum absolute atomic E-state index is 11.1. The first-order valence-electron chi connectivity index (χ1n) is 4.11. The van der Waals surface area contributed by atoms with Crippen molar-refractivity contribution in [2.75, 3.05) is 4.66 Å². The second kappa shape index (κ2) is 4.07. The average molecular weight is 256 g/mol. The van der Waals surface area contributed by atoms with E-state index in [0.29, 0.717) is 5.92 Å². The van der Waals surface area contributed by atoms with E-state index in [2.05, 4.69) is 20.7 Å². The Balaban J connectivity index is 2.39. The molecule has 0 aromatic heterocycles. The van der Waals surface area contributed by atoms with Crippen molar-refractivity contribution in [2.24, 2.45) is 5.92 Å². The van der Waals surface area contributed by atoms with E-state index in [0.717, 1.165) is 12.8 Å². The highest BCUT2D eigenvalue weighted by Crippen LogP contribution is 2.29. The van der Waals surface area contributed by atoms with Gasteiger partial charge in [-0.15, -0.1) is 0 Å². The molecule has 0 saturated heterocycles. The first-order valence-corrected chi connectivity index (χ1v) is 6.88. The first-order chi connectivity index (χ1) is 5.55. The molecule has 0 bridgehead atoms. The Morgan fingerprint density at radius 3 is 2.50 bits per heavy atom. The Hall–Kier alpha value is 0.390. The summed E-state index contributed by atoms with van der Waals surface area (Å²) in [5.74, 6) is 0.554. The summed E-state index contributed by atoms with van der Waals surface area (Å²) in [7, 11) is -3.07. The maximum Gasteiger partial charge on any atom is 0.221 e. The first kappa shape index (κ1) is 10.5. The minimum Gasteiger partial charge on any atom is -0.212 e. The number of nitrogens with one attached hydrogen (secondary N) is 1. The molecular formula is C7H14BrNO2S. The summed E-state index contributed by atoms with van der Waals surface area (Å²) in [5.41, 5.74) is 0. The highest BCUT2D eigenvalue weighted by Gasteiger charge is 2.26. The summed E-state index contributed by atoms with van der Waals surface area (Å²) in [6.45, 7) is 1.93. The van der Waals surface area contributed by atoms with Crippen LogP contribution >= 0.6 is 15.9 Å². The van der Waals surface area contributed by atoms with E-state index in [1.807, 2.05) is 6.92 Å². The Kier molecular flexibility index (Phi) is 3.55. The van der Waals surface area contributed by atoms with Gasteiger partial charge in [-0.2, -0.15) is 0 Å². The van der Waals surface area contributed by atoms with Crippen LogP contribution in [-0.2, 0) is 10.0 Å². The molecule has 0 spiro atoms. The Bertz CT molecular complexity index is 236. The van der Waals surface area contributed by atoms with Crippen molar-refractivity contribution in [3.8, 4) is 0 Å². The lowest BCUT2D eigenvalue weighted by Crippen LogP contribution is -2.40. The van der Waals surface area contributed by atoms with Crippen molar-refractivity contribution in [1.29, 1.82) is 0 Å². The molecule has 12 heavy (non-hydrogen) atoms. The molecule has 0 radical (unpaired) electrons. The molecule has 1 fully saturated rings. The van der Waals surface area contributed by atoms with Gasteiger partial charge in [0.15, 0.2) is 0 Å². The fourth-order valence-electron chi connectivity index (χ4n) is 1.35. The van der Waals surface area contributed by atoms with Crippen molar-refractivity contribution in [3.63, 3.8) is 0 Å². The summed E-state index contributed by atoms with van der Waals surface area (Å²) in [6, 6.07) is 0.0984. The molecule has 1 aliphatic rings. The van der Waals surface area contributed by atoms with Gasteiger partial charge in [-0.05, 0) is 25.7 Å². The van der Waals surface area contributed by atoms with E-state index in [1.54, 1.807) is 0 Å². The second-order valence-electron chi connectivity index (χ2n) is 3.32. The third-order valence-electron chi connectivity index (χ3n) is 2.37. The van der Waals surface area contributed by atoms with E-state index < -0.39 is 10.0 Å². The van der Waals surface area contributed by atoms with Crippen LogP contribution in [0.3, 0.4) is 0 Å². The van der Waals surface area contributed by atoms with E-state index in [9.17, 15) is 8.42 Å². The van der Waals surface area contributed by atoms with Gasteiger partial charge in [0, 0.05) is 6.04 Å². The van der Waals surface area contributed by atoms with Crippen LogP contribution < -0.4 is 4.72 Å². The highest BCUT2D eigenvalue weighted by atomic mass is 79.9. The predicted octanol–water partition coefficient (Wildman–Crippen LogP) is 1.45. The minimum atomic E-state index is -3.07. The molecule has 0 aliphatic heterocycles. The van der Waals surface area contributed by atoms with Crippen LogP contribution in [0.25, 0.3) is 0 Å². The molecule has 72 valence electrons. The molecule has 1 rings (SSSR count). The number of halogens is 1. The van der Waals surface area contributed by atoms with Crippen LogP contribution in [0.4, 0.5) is 0 Å². The molecule has 1 saturated carbocycles. The minimum absolute atomic E-state index is 0.00292. The van der Waals surface area contributed by atoms with E-state index >= 15 is 0 Å². The van der Waals surface area contributed by atoms with Gasteiger partial charge in [0.2, 0.25) is 10.0 Å². The van der Waals surface area contributed by atoms with Gasteiger partial charge < -0.3 is 0 Å². The van der Waals surface area contributed by atoms with Crippen LogP contribution in [0.2, 0.25) is 0 Å². The van der Waals surface area contributed by atoms with Crippen LogP contribution in [-0.4, -0.2) is 19.1 Å². The van der Waals surface area contributed by atoms with E-state index in [-0.39, 0.29) is 10.7 Å². The van der Waals surface area contributed by atoms with Crippen molar-refractivity contribution < 1.29 is 8.42 Å². The Morgan fingerprint density at radius 1 is 1.58 bits per heavy atom. The van der Waals surface area contributed by atoms with Gasteiger partial charge in [-0.3, -0.25) is 0 Å². The van der Waals surface area contributed by atoms with Gasteiger partial charge in [0.1, 0.15) is 4.66 Å². The lowest BCUT2D eigenvalue weighted by atomic mass is 9.81. The number of rotatable bonds is 4. The summed E-state index contributed by atoms with van der Waals surface area (Å²) in [5, 5.41) is 0. The van der Waals surface area contributed by atoms with Gasteiger partial charge in [0.25, 0.3) is 0 Å². The van der Waals surface area contributed by atoms with Crippen molar-refractivity contribution in [3.05, 3.63) is 0 Å². The quantitative estimate of drug-likeness (QED) is 0.774. The maximum atomic E-state index is 11.1. The van der Waals surface area contributed by atoms with E-state index in [1.165, 1.54) is 6.42 Å². The number of alkyl halides is 1. The zero-order chi connectivity index (χ0) is 9.19. The fraction of sp³-hybridized carbons (Fsp3) is 1.00. The smallest absolute Gasteiger partial charge is 0.212 e. The third-order valence-corrected chi connectivity index (χ3v) is 5.19. The highest BCUT2D eigenvalue weighted by molar-refractivity contribution is 9.10. The van der Waals surface area contributed by atoms with E-state index in [4.69, 9.17) is 0 Å². The van der Waals surface area contributed by atoms with Crippen molar-refractivity contribution in [2.45, 2.75) is 32.2 Å². The molecule has 3 nitrogen and oxygen atoms in total. The van der Waals surface area contributed by atoms with Crippen LogP contribution in [0, 0.1) is 5.92 Å². The van der Waals surface area contributed by atoms with Gasteiger partial charge in [-0.1, -0.05) is 22.4 Å². The zero-order valence-electron chi connectivity index (χ0n) is 7.09. The lowest BCUT2D eigenvalue weighted by Gasteiger charge is -2.31. The van der Waals surface area contributed by atoms with Crippen molar-refractivity contribution in [1.82, 2.24) is 4.72 Å². The van der Waals surface area contributed by atoms with Gasteiger partial charge >= 0.3 is 0 Å². The molecule has 1 N–H and O–H groups in total. The van der Waals surface area contributed by atoms with Crippen LogP contribution in [0.5, 0.6) is 0 Å². The Morgan fingerprint density at radius 2 is 2.17 bits per heavy atom. The monoisotopic (exact) mass is 255 g/mol. The molecule has 0 heterocycles. The SMILES string of the molecule is CC(NS(=O)(=O)CBr)C1CCC1. The Labute approximate surface area is 82.1 Å². The molecule has 0 amide bonds. The summed E-state index contributed by atoms with van der Waals surface area (Å²) >= 11 is 2.94. The number of hydrogen-bond acceptors (Lipinski definition) is 2. The summed E-state index contributed by atoms with van der Waals surface area (Å²) in [6.07, 6.45) is 3.56. The third kappa shape index (κ3) is 2.71. The summed E-state index contributed by atoms with van der Waals surface area (Å²) in [4.78, 5) is 0. The average Bonchev–Trinajstić information content (AvgIpc) is 1.82. The van der Waals surface area contributed by atoms with Crippen molar-refractivity contribution >= 4 is 26.0 Å². The summed E-state index contributed by atoms with van der Waals surface area (Å²) < 4.78 is 24.8. The molecule has 1 unspecified atom stereocenters. The zero-order valence-corrected chi connectivity index (χ0v) is 9.49. The molecule has 0 aromatic carbocycles. The lowest BCUT2D eigenvalue weighted by molar-refractivity contribution is 0.261. The van der Waals surface area contributed by atoms with Gasteiger partial charge in [0.05, 0.1) is 0 Å². The normalized spacial score (nSPS) is 21.8. The predicted molar refractivity (Wildman–Crippen MR) is 52.7 cm³/mol. The number of sulfonamides is 1. The molecular weight excluding hydrogens is 242 g/mol. The fourth-order valence-corrected chi connectivity index (χ4v) is 2.57. The molecule has 1 aliphatic carbocycles. The topological polar surface area (TPSA) is 46.2 Å². The number of hydrogen-bond donors (Lipinski definition) is 1. The standard InChI is InChI=1S/C7H14BrNO2S/c1-6(7-3-2-4-7)9-12(10,11)5-8/h6-7,9H,2-5H2,1H3. The molecule has 0 aromatic rings. The second-order valence-corrected chi connectivity index (χ2v) is 6.38.